The second-order valence-electron chi connectivity index (χ2n) is 4.35. The van der Waals surface area contributed by atoms with Crippen molar-refractivity contribution in [2.24, 2.45) is 0 Å². The van der Waals surface area contributed by atoms with Gasteiger partial charge in [-0.3, -0.25) is 4.79 Å². The van der Waals surface area contributed by atoms with Crippen molar-refractivity contribution in [2.75, 3.05) is 19.6 Å². The van der Waals surface area contributed by atoms with Gasteiger partial charge in [-0.1, -0.05) is 31.2 Å². The summed E-state index contributed by atoms with van der Waals surface area (Å²) in [6.45, 7) is 4.61. The molecule has 0 bridgehead atoms. The SMILES string of the molecule is CCNCCCNC(=O)c1ccc2ccccc2n1. The molecule has 0 radical (unpaired) electrons. The number of hydrogen-bond acceptors (Lipinski definition) is 3. The van der Waals surface area contributed by atoms with Gasteiger partial charge in [0.2, 0.25) is 0 Å². The molecule has 0 saturated carbocycles. The average Bonchev–Trinajstić information content (AvgIpc) is 2.46. The van der Waals surface area contributed by atoms with Crippen molar-refractivity contribution in [2.45, 2.75) is 13.3 Å². The van der Waals surface area contributed by atoms with Crippen LogP contribution in [0.2, 0.25) is 0 Å². The number of hydrogen-bond donors (Lipinski definition) is 2. The molecule has 0 spiro atoms. The van der Waals surface area contributed by atoms with Crippen molar-refractivity contribution in [3.05, 3.63) is 42.1 Å². The summed E-state index contributed by atoms with van der Waals surface area (Å²) in [5.74, 6) is -0.109. The van der Waals surface area contributed by atoms with E-state index in [1.165, 1.54) is 0 Å². The van der Waals surface area contributed by atoms with Crippen LogP contribution < -0.4 is 10.6 Å². The maximum Gasteiger partial charge on any atom is 0.269 e. The molecule has 2 aromatic rings. The molecular formula is C15H19N3O. The van der Waals surface area contributed by atoms with Crippen LogP contribution >= 0.6 is 0 Å². The number of benzene rings is 1. The van der Waals surface area contributed by atoms with Gasteiger partial charge in [-0.2, -0.15) is 0 Å². The zero-order valence-electron chi connectivity index (χ0n) is 11.1. The number of fused-ring (bicyclic) bond motifs is 1. The molecule has 0 saturated heterocycles. The number of aromatic nitrogens is 1. The van der Waals surface area contributed by atoms with Gasteiger partial charge in [0.1, 0.15) is 5.69 Å². The Balaban J connectivity index is 1.93. The van der Waals surface area contributed by atoms with Crippen molar-refractivity contribution >= 4 is 16.8 Å². The predicted molar refractivity (Wildman–Crippen MR) is 77.2 cm³/mol. The Morgan fingerprint density at radius 1 is 1.16 bits per heavy atom. The molecule has 0 aliphatic carbocycles. The maximum absolute atomic E-state index is 11.9. The van der Waals surface area contributed by atoms with Crippen LogP contribution in [0.3, 0.4) is 0 Å². The molecule has 0 atom stereocenters. The van der Waals surface area contributed by atoms with Crippen molar-refractivity contribution in [3.63, 3.8) is 0 Å². The summed E-state index contributed by atoms with van der Waals surface area (Å²) < 4.78 is 0. The highest BCUT2D eigenvalue weighted by atomic mass is 16.1. The number of para-hydroxylation sites is 1. The van der Waals surface area contributed by atoms with Gasteiger partial charge in [-0.25, -0.2) is 4.98 Å². The van der Waals surface area contributed by atoms with Crippen molar-refractivity contribution < 1.29 is 4.79 Å². The fraction of sp³-hybridized carbons (Fsp3) is 0.333. The molecule has 0 unspecified atom stereocenters. The molecule has 19 heavy (non-hydrogen) atoms. The van der Waals surface area contributed by atoms with Crippen LogP contribution in [0.5, 0.6) is 0 Å². The van der Waals surface area contributed by atoms with E-state index in [0.29, 0.717) is 12.2 Å². The van der Waals surface area contributed by atoms with E-state index in [2.05, 4.69) is 22.5 Å². The van der Waals surface area contributed by atoms with E-state index < -0.39 is 0 Å². The van der Waals surface area contributed by atoms with Gasteiger partial charge >= 0.3 is 0 Å². The van der Waals surface area contributed by atoms with E-state index in [1.54, 1.807) is 6.07 Å². The first-order valence-electron chi connectivity index (χ1n) is 6.66. The summed E-state index contributed by atoms with van der Waals surface area (Å²) >= 11 is 0. The number of amides is 1. The minimum Gasteiger partial charge on any atom is -0.351 e. The first-order valence-corrected chi connectivity index (χ1v) is 6.66. The van der Waals surface area contributed by atoms with Gasteiger partial charge in [0.05, 0.1) is 5.52 Å². The lowest BCUT2D eigenvalue weighted by Gasteiger charge is -2.06. The quantitative estimate of drug-likeness (QED) is 0.778. The highest BCUT2D eigenvalue weighted by molar-refractivity contribution is 5.94. The zero-order valence-corrected chi connectivity index (χ0v) is 11.1. The molecule has 2 rings (SSSR count). The Labute approximate surface area is 113 Å². The number of carbonyl (C=O) groups excluding carboxylic acids is 1. The van der Waals surface area contributed by atoms with Crippen LogP contribution in [0.1, 0.15) is 23.8 Å². The number of nitrogens with zero attached hydrogens (tertiary/aromatic N) is 1. The van der Waals surface area contributed by atoms with Crippen molar-refractivity contribution in [1.82, 2.24) is 15.6 Å². The molecule has 1 amide bonds. The van der Waals surface area contributed by atoms with E-state index in [1.807, 2.05) is 30.3 Å². The molecule has 1 aromatic carbocycles. The summed E-state index contributed by atoms with van der Waals surface area (Å²) in [6, 6.07) is 11.5. The Bertz CT molecular complexity index is 554. The number of carbonyl (C=O) groups is 1. The third-order valence-electron chi connectivity index (χ3n) is 2.90. The first-order chi connectivity index (χ1) is 9.31. The standard InChI is InChI=1S/C15H19N3O/c1-2-16-10-5-11-17-15(19)14-9-8-12-6-3-4-7-13(12)18-14/h3-4,6-9,16H,2,5,10-11H2,1H3,(H,17,19). The van der Waals surface area contributed by atoms with Crippen LogP contribution in [-0.4, -0.2) is 30.5 Å². The molecule has 2 N–H and O–H groups in total. The number of pyridine rings is 1. The summed E-state index contributed by atoms with van der Waals surface area (Å²) in [4.78, 5) is 16.3. The second-order valence-corrected chi connectivity index (χ2v) is 4.35. The van der Waals surface area contributed by atoms with Gasteiger partial charge < -0.3 is 10.6 Å². The average molecular weight is 257 g/mol. The Morgan fingerprint density at radius 3 is 2.84 bits per heavy atom. The molecular weight excluding hydrogens is 238 g/mol. The van der Waals surface area contributed by atoms with E-state index in [-0.39, 0.29) is 5.91 Å². The largest absolute Gasteiger partial charge is 0.351 e. The molecule has 0 fully saturated rings. The smallest absolute Gasteiger partial charge is 0.269 e. The lowest BCUT2D eigenvalue weighted by atomic mass is 10.2. The molecule has 4 heteroatoms. The summed E-state index contributed by atoms with van der Waals surface area (Å²) in [5.41, 5.74) is 1.32. The third kappa shape index (κ3) is 3.76. The third-order valence-corrected chi connectivity index (χ3v) is 2.90. The lowest BCUT2D eigenvalue weighted by molar-refractivity contribution is 0.0948. The number of nitrogens with one attached hydrogen (secondary N) is 2. The van der Waals surface area contributed by atoms with Gasteiger partial charge in [0.15, 0.2) is 0 Å². The summed E-state index contributed by atoms with van der Waals surface area (Å²) in [6.07, 6.45) is 0.924. The van der Waals surface area contributed by atoms with E-state index >= 15 is 0 Å². The van der Waals surface area contributed by atoms with Crippen LogP contribution in [0.15, 0.2) is 36.4 Å². The van der Waals surface area contributed by atoms with Crippen molar-refractivity contribution in [3.8, 4) is 0 Å². The monoisotopic (exact) mass is 257 g/mol. The normalized spacial score (nSPS) is 10.6. The molecule has 100 valence electrons. The molecule has 0 aliphatic rings. The Hall–Kier alpha value is -1.94. The fourth-order valence-corrected chi connectivity index (χ4v) is 1.88. The van der Waals surface area contributed by atoms with Crippen LogP contribution in [0.25, 0.3) is 10.9 Å². The topological polar surface area (TPSA) is 54.0 Å². The van der Waals surface area contributed by atoms with Crippen LogP contribution in [-0.2, 0) is 0 Å². The first kappa shape index (κ1) is 13.5. The maximum atomic E-state index is 11.9. The van der Waals surface area contributed by atoms with E-state index in [0.717, 1.165) is 30.4 Å². The molecule has 1 aromatic heterocycles. The van der Waals surface area contributed by atoms with Crippen LogP contribution in [0, 0.1) is 0 Å². The minimum absolute atomic E-state index is 0.109. The van der Waals surface area contributed by atoms with Crippen molar-refractivity contribution in [1.29, 1.82) is 0 Å². The fourth-order valence-electron chi connectivity index (χ4n) is 1.88. The summed E-state index contributed by atoms with van der Waals surface area (Å²) in [7, 11) is 0. The van der Waals surface area contributed by atoms with Crippen LogP contribution in [0.4, 0.5) is 0 Å². The van der Waals surface area contributed by atoms with Gasteiger partial charge in [0, 0.05) is 11.9 Å². The van der Waals surface area contributed by atoms with E-state index in [4.69, 9.17) is 0 Å². The predicted octanol–water partition coefficient (Wildman–Crippen LogP) is 1.96. The summed E-state index contributed by atoms with van der Waals surface area (Å²) in [5, 5.41) is 7.15. The van der Waals surface area contributed by atoms with E-state index in [9.17, 15) is 4.79 Å². The van der Waals surface area contributed by atoms with Gasteiger partial charge in [-0.05, 0) is 31.6 Å². The number of rotatable bonds is 6. The molecule has 1 heterocycles. The second kappa shape index (κ2) is 6.85. The highest BCUT2D eigenvalue weighted by Crippen LogP contribution is 2.11. The molecule has 0 aliphatic heterocycles. The minimum atomic E-state index is -0.109. The Morgan fingerprint density at radius 2 is 2.00 bits per heavy atom. The highest BCUT2D eigenvalue weighted by Gasteiger charge is 2.06. The Kier molecular flexibility index (Phi) is 4.86. The lowest BCUT2D eigenvalue weighted by Crippen LogP contribution is -2.27. The van der Waals surface area contributed by atoms with Gasteiger partial charge in [0.25, 0.3) is 5.91 Å². The molecule has 4 nitrogen and oxygen atoms in total. The van der Waals surface area contributed by atoms with Gasteiger partial charge in [-0.15, -0.1) is 0 Å². The zero-order chi connectivity index (χ0) is 13.5.